The molecule has 9 aromatic rings. The highest BCUT2D eigenvalue weighted by Crippen LogP contribution is 2.48. The van der Waals surface area contributed by atoms with Crippen LogP contribution in [0, 0.1) is 0 Å². The fourth-order valence-corrected chi connectivity index (χ4v) is 6.48. The molecular weight excluding hydrogens is 544 g/mol. The van der Waals surface area contributed by atoms with Gasteiger partial charge in [-0.25, -0.2) is 0 Å². The lowest BCUT2D eigenvalue weighted by molar-refractivity contribution is 0.670. The molecule has 1 heterocycles. The topological polar surface area (TPSA) is 13.1 Å². The quantitative estimate of drug-likeness (QED) is 0.188. The van der Waals surface area contributed by atoms with E-state index in [1.54, 1.807) is 0 Å². The van der Waals surface area contributed by atoms with Crippen LogP contribution in [0.4, 0.5) is 0 Å². The van der Waals surface area contributed by atoms with E-state index < -0.39 is 60.4 Å². The third-order valence-electron chi connectivity index (χ3n) is 8.34. The molecule has 0 unspecified atom stereocenters. The maximum atomic E-state index is 9.43. The molecule has 1 nitrogen and oxygen atoms in total. The van der Waals surface area contributed by atoms with Gasteiger partial charge in [0.15, 0.2) is 0 Å². The molecule has 210 valence electrons. The summed E-state index contributed by atoms with van der Waals surface area (Å²) in [4.78, 5) is 0. The third-order valence-corrected chi connectivity index (χ3v) is 8.34. The standard InChI is InChI=1S/C44H28O/c1-3-15-29(16-4-1)31-19-7-8-20-33(31)41-34-21-9-11-23-36(34)42(37-24-12-10-22-35(37)41)38-26-13-27-39-43-32(30-17-5-2-6-18-30)25-14-28-40(43)45-44(38)39/h1-28H/i2D,5D,6D,13D,14D,17D,18D,25D,26D,27D,28D. The van der Waals surface area contributed by atoms with E-state index in [1.807, 2.05) is 78.9 Å². The Morgan fingerprint density at radius 1 is 0.378 bits per heavy atom. The molecule has 0 fully saturated rings. The third kappa shape index (κ3) is 4.02. The highest BCUT2D eigenvalue weighted by atomic mass is 16.3. The van der Waals surface area contributed by atoms with Crippen molar-refractivity contribution in [3.05, 3.63) is 170 Å². The van der Waals surface area contributed by atoms with Crippen molar-refractivity contribution in [3.8, 4) is 44.5 Å². The average molecular weight is 584 g/mol. The van der Waals surface area contributed by atoms with E-state index in [9.17, 15) is 2.74 Å². The van der Waals surface area contributed by atoms with Gasteiger partial charge in [-0.2, -0.15) is 0 Å². The van der Waals surface area contributed by atoms with Gasteiger partial charge in [0.05, 0.1) is 15.1 Å². The Morgan fingerprint density at radius 2 is 0.933 bits per heavy atom. The SMILES string of the molecule is [2H]c1c([2H])c([2H])c(-c2c([2H])c([2H])c([2H])c3oc4c(-c5c6ccccc6c(-c6ccccc6-c6ccccc6)c6ccccc56)c([2H])c([2H])c([2H])c4c23)c([2H])c1[2H]. The van der Waals surface area contributed by atoms with E-state index in [0.29, 0.717) is 5.56 Å². The highest BCUT2D eigenvalue weighted by Gasteiger charge is 2.22. The van der Waals surface area contributed by atoms with Crippen LogP contribution in [0.1, 0.15) is 15.1 Å². The Labute approximate surface area is 277 Å². The molecule has 8 aromatic carbocycles. The molecule has 0 amide bonds. The van der Waals surface area contributed by atoms with E-state index in [4.69, 9.17) is 16.8 Å². The van der Waals surface area contributed by atoms with Crippen LogP contribution in [0.2, 0.25) is 0 Å². The number of benzene rings is 8. The molecule has 0 aliphatic carbocycles. The zero-order valence-electron chi connectivity index (χ0n) is 34.7. The number of fused-ring (bicyclic) bond motifs is 5. The molecule has 0 spiro atoms. The number of furan rings is 1. The van der Waals surface area contributed by atoms with Crippen LogP contribution in [0.5, 0.6) is 0 Å². The Kier molecular flexibility index (Phi) is 3.87. The van der Waals surface area contributed by atoms with Crippen LogP contribution in [0.3, 0.4) is 0 Å². The molecule has 1 aromatic heterocycles. The lowest BCUT2D eigenvalue weighted by atomic mass is 9.83. The largest absolute Gasteiger partial charge is 0.455 e. The molecule has 9 rings (SSSR count). The summed E-state index contributed by atoms with van der Waals surface area (Å²) in [5.74, 6) is 0. The van der Waals surface area contributed by atoms with E-state index in [-0.39, 0.29) is 44.7 Å². The van der Waals surface area contributed by atoms with Crippen LogP contribution < -0.4 is 0 Å². The van der Waals surface area contributed by atoms with Crippen molar-refractivity contribution in [3.63, 3.8) is 0 Å². The molecule has 0 aliphatic heterocycles. The van der Waals surface area contributed by atoms with Gasteiger partial charge in [-0.3, -0.25) is 0 Å². The lowest BCUT2D eigenvalue weighted by Gasteiger charge is -2.19. The van der Waals surface area contributed by atoms with E-state index in [2.05, 4.69) is 24.3 Å². The van der Waals surface area contributed by atoms with Gasteiger partial charge in [-0.15, -0.1) is 0 Å². The van der Waals surface area contributed by atoms with Crippen molar-refractivity contribution < 1.29 is 19.5 Å². The summed E-state index contributed by atoms with van der Waals surface area (Å²) < 4.78 is 103. The molecule has 45 heavy (non-hydrogen) atoms. The van der Waals surface area contributed by atoms with Crippen LogP contribution in [-0.2, 0) is 0 Å². The molecule has 0 aliphatic rings. The zero-order valence-corrected chi connectivity index (χ0v) is 23.7. The predicted octanol–water partition coefficient (Wildman–Crippen LogP) is 12.6. The van der Waals surface area contributed by atoms with Crippen molar-refractivity contribution in [2.24, 2.45) is 0 Å². The monoisotopic (exact) mass is 583 g/mol. The van der Waals surface area contributed by atoms with Crippen molar-refractivity contribution in [1.29, 1.82) is 0 Å². The summed E-state index contributed by atoms with van der Waals surface area (Å²) >= 11 is 0. The minimum Gasteiger partial charge on any atom is -0.455 e. The maximum absolute atomic E-state index is 9.43. The number of hydrogen-bond donors (Lipinski definition) is 0. The second-order valence-electron chi connectivity index (χ2n) is 10.8. The zero-order chi connectivity index (χ0) is 39.3. The lowest BCUT2D eigenvalue weighted by Crippen LogP contribution is -1.92. The van der Waals surface area contributed by atoms with Crippen LogP contribution in [-0.4, -0.2) is 0 Å². The molecular formula is C44H28O. The number of rotatable bonds is 4. The van der Waals surface area contributed by atoms with Crippen molar-refractivity contribution >= 4 is 43.5 Å². The van der Waals surface area contributed by atoms with Gasteiger partial charge in [0, 0.05) is 21.9 Å². The molecule has 0 saturated heterocycles. The minimum absolute atomic E-state index is 0.0501. The van der Waals surface area contributed by atoms with Crippen molar-refractivity contribution in [2.75, 3.05) is 0 Å². The second kappa shape index (κ2) is 10.4. The smallest absolute Gasteiger partial charge is 0.143 e. The minimum atomic E-state index is -0.656. The van der Waals surface area contributed by atoms with Crippen LogP contribution >= 0.6 is 0 Å². The van der Waals surface area contributed by atoms with Gasteiger partial charge in [0.25, 0.3) is 0 Å². The summed E-state index contributed by atoms with van der Waals surface area (Å²) in [6.07, 6.45) is 0. The first-order valence-corrected chi connectivity index (χ1v) is 14.6. The molecule has 0 N–H and O–H groups in total. The summed E-state index contributed by atoms with van der Waals surface area (Å²) in [6.45, 7) is 0. The van der Waals surface area contributed by atoms with E-state index >= 15 is 0 Å². The summed E-state index contributed by atoms with van der Waals surface area (Å²) in [6, 6.07) is 27.5. The first-order chi connectivity index (χ1) is 26.9. The van der Waals surface area contributed by atoms with Gasteiger partial charge < -0.3 is 4.42 Å². The predicted molar refractivity (Wildman–Crippen MR) is 190 cm³/mol. The van der Waals surface area contributed by atoms with Gasteiger partial charge in [0.2, 0.25) is 0 Å². The first kappa shape index (κ1) is 16.8. The summed E-state index contributed by atoms with van der Waals surface area (Å²) in [5.41, 5.74) is 3.69. The summed E-state index contributed by atoms with van der Waals surface area (Å²) in [7, 11) is 0. The molecule has 1 heteroatoms. The maximum Gasteiger partial charge on any atom is 0.143 e. The first-order valence-electron chi connectivity index (χ1n) is 20.1. The molecule has 0 radical (unpaired) electrons. The molecule has 0 bridgehead atoms. The second-order valence-corrected chi connectivity index (χ2v) is 10.8. The van der Waals surface area contributed by atoms with Crippen molar-refractivity contribution in [2.45, 2.75) is 0 Å². The number of para-hydroxylation sites is 1. The Balaban J connectivity index is 1.48. The molecule has 0 saturated carbocycles. The fourth-order valence-electron chi connectivity index (χ4n) is 6.48. The van der Waals surface area contributed by atoms with Gasteiger partial charge >= 0.3 is 0 Å². The Bertz CT molecular complexity index is 3070. The van der Waals surface area contributed by atoms with E-state index in [1.165, 1.54) is 0 Å². The summed E-state index contributed by atoms with van der Waals surface area (Å²) in [5, 5.41) is 2.96. The Hall–Kier alpha value is -5.92. The van der Waals surface area contributed by atoms with E-state index in [0.717, 1.165) is 43.8 Å². The van der Waals surface area contributed by atoms with Gasteiger partial charge in [-0.1, -0.05) is 164 Å². The highest BCUT2D eigenvalue weighted by molar-refractivity contribution is 6.25. The van der Waals surface area contributed by atoms with Crippen molar-refractivity contribution in [1.82, 2.24) is 0 Å². The van der Waals surface area contributed by atoms with Crippen LogP contribution in [0.25, 0.3) is 88.0 Å². The normalized spacial score (nSPS) is 15.0. The van der Waals surface area contributed by atoms with Gasteiger partial charge in [-0.05, 0) is 61.0 Å². The van der Waals surface area contributed by atoms with Gasteiger partial charge in [0.1, 0.15) is 11.2 Å². The van der Waals surface area contributed by atoms with Crippen LogP contribution in [0.15, 0.2) is 174 Å². The Morgan fingerprint density at radius 3 is 1.62 bits per heavy atom. The number of hydrogen-bond acceptors (Lipinski definition) is 1. The molecule has 0 atom stereocenters. The fraction of sp³-hybridized carbons (Fsp3) is 0. The average Bonchev–Trinajstić information content (AvgIpc) is 3.62.